The minimum atomic E-state index is -0.473. The maximum atomic E-state index is 13.9. The van der Waals surface area contributed by atoms with E-state index in [1.807, 2.05) is 0 Å². The summed E-state index contributed by atoms with van der Waals surface area (Å²) in [5, 5.41) is 0.281. The van der Waals surface area contributed by atoms with Crippen molar-refractivity contribution in [1.82, 2.24) is 9.88 Å². The summed E-state index contributed by atoms with van der Waals surface area (Å²) in [5.41, 5.74) is 0.867. The van der Waals surface area contributed by atoms with E-state index in [1.165, 1.54) is 30.3 Å². The molecule has 1 aliphatic rings. The molecule has 0 bridgehead atoms. The fourth-order valence-corrected chi connectivity index (χ4v) is 2.77. The number of pyridine rings is 1. The molecule has 3 rings (SSSR count). The van der Waals surface area contributed by atoms with Crippen molar-refractivity contribution in [2.24, 2.45) is 5.92 Å². The highest BCUT2D eigenvalue weighted by Gasteiger charge is 2.26. The third-order valence-corrected chi connectivity index (χ3v) is 4.53. The van der Waals surface area contributed by atoms with E-state index in [0.29, 0.717) is 18.1 Å². The monoisotopic (exact) mass is 378 g/mol. The van der Waals surface area contributed by atoms with Crippen LogP contribution in [-0.2, 0) is 6.54 Å². The number of methoxy groups -OCH3 is 1. The van der Waals surface area contributed by atoms with Crippen LogP contribution in [0.4, 0.5) is 4.39 Å². The highest BCUT2D eigenvalue weighted by molar-refractivity contribution is 6.34. The Morgan fingerprint density at radius 3 is 2.81 bits per heavy atom. The molecule has 5 nitrogen and oxygen atoms in total. The normalized spacial score (nSPS) is 13.4. The first-order valence-corrected chi connectivity index (χ1v) is 8.72. The van der Waals surface area contributed by atoms with E-state index >= 15 is 0 Å². The molecule has 0 atom stereocenters. The lowest BCUT2D eigenvalue weighted by Gasteiger charge is -2.20. The van der Waals surface area contributed by atoms with Gasteiger partial charge in [-0.15, -0.1) is 0 Å². The maximum Gasteiger partial charge on any atom is 0.260 e. The number of carbonyl (C=O) groups excluding carboxylic acids is 1. The zero-order valence-electron chi connectivity index (χ0n) is 14.7. The van der Waals surface area contributed by atoms with Crippen LogP contribution in [0.1, 0.15) is 28.8 Å². The Kier molecular flexibility index (Phi) is 5.61. The van der Waals surface area contributed by atoms with Gasteiger partial charge in [0.15, 0.2) is 11.6 Å². The first kappa shape index (κ1) is 18.5. The molecule has 2 aromatic rings. The Hall–Kier alpha value is -2.34. The Balaban J connectivity index is 1.76. The van der Waals surface area contributed by atoms with Crippen LogP contribution in [0.2, 0.25) is 5.02 Å². The quantitative estimate of drug-likeness (QED) is 0.732. The Labute approximate surface area is 156 Å². The average Bonchev–Trinajstić information content (AvgIpc) is 3.44. The smallest absolute Gasteiger partial charge is 0.260 e. The first-order valence-electron chi connectivity index (χ1n) is 8.34. The van der Waals surface area contributed by atoms with Gasteiger partial charge in [-0.1, -0.05) is 17.7 Å². The van der Waals surface area contributed by atoms with Gasteiger partial charge in [-0.25, -0.2) is 9.37 Å². The van der Waals surface area contributed by atoms with Crippen LogP contribution in [0, 0.1) is 11.7 Å². The minimum absolute atomic E-state index is 0.161. The van der Waals surface area contributed by atoms with Crippen LogP contribution in [0.15, 0.2) is 30.5 Å². The van der Waals surface area contributed by atoms with E-state index in [0.717, 1.165) is 12.8 Å². The summed E-state index contributed by atoms with van der Waals surface area (Å²) in [7, 11) is 3.03. The van der Waals surface area contributed by atoms with E-state index in [4.69, 9.17) is 21.1 Å². The molecule has 1 saturated carbocycles. The minimum Gasteiger partial charge on any atom is -0.494 e. The SMILES string of the molecule is COc1ccc(CN(C)C(=O)c2c(Cl)ccnc2OCC2CC2)cc1F. The van der Waals surface area contributed by atoms with Crippen molar-refractivity contribution in [3.05, 3.63) is 52.4 Å². The fourth-order valence-electron chi connectivity index (χ4n) is 2.55. The lowest BCUT2D eigenvalue weighted by atomic mass is 10.1. The van der Waals surface area contributed by atoms with Gasteiger partial charge in [0.05, 0.1) is 18.7 Å². The summed E-state index contributed by atoms with van der Waals surface area (Å²) in [5.74, 6) is 0.124. The largest absolute Gasteiger partial charge is 0.494 e. The summed E-state index contributed by atoms with van der Waals surface area (Å²) in [6, 6.07) is 6.14. The zero-order valence-corrected chi connectivity index (χ0v) is 15.4. The van der Waals surface area contributed by atoms with Crippen molar-refractivity contribution in [1.29, 1.82) is 0 Å². The molecular formula is C19H20ClFN2O3. The molecule has 1 amide bonds. The standard InChI is InChI=1S/C19H20ClFN2O3/c1-23(10-13-5-6-16(25-2)15(21)9-13)19(24)17-14(20)7-8-22-18(17)26-11-12-3-4-12/h5-9,12H,3-4,10-11H2,1-2H3. The molecule has 138 valence electrons. The van der Waals surface area contributed by atoms with Crippen molar-refractivity contribution >= 4 is 17.5 Å². The van der Waals surface area contributed by atoms with E-state index in [9.17, 15) is 9.18 Å². The van der Waals surface area contributed by atoms with E-state index in [-0.39, 0.29) is 34.7 Å². The van der Waals surface area contributed by atoms with Gasteiger partial charge in [-0.3, -0.25) is 4.79 Å². The van der Waals surface area contributed by atoms with E-state index in [2.05, 4.69) is 4.98 Å². The molecule has 1 aliphatic carbocycles. The molecule has 0 N–H and O–H groups in total. The summed E-state index contributed by atoms with van der Waals surface area (Å²) in [4.78, 5) is 18.5. The van der Waals surface area contributed by atoms with Crippen LogP contribution < -0.4 is 9.47 Å². The summed E-state index contributed by atoms with van der Waals surface area (Å²) in [6.07, 6.45) is 3.78. The van der Waals surface area contributed by atoms with Crippen LogP contribution in [0.3, 0.4) is 0 Å². The van der Waals surface area contributed by atoms with E-state index < -0.39 is 5.82 Å². The number of rotatable bonds is 7. The topological polar surface area (TPSA) is 51.7 Å². The Morgan fingerprint density at radius 2 is 2.15 bits per heavy atom. The van der Waals surface area contributed by atoms with Crippen LogP contribution in [0.25, 0.3) is 0 Å². The molecule has 7 heteroatoms. The lowest BCUT2D eigenvalue weighted by Crippen LogP contribution is -2.27. The molecule has 26 heavy (non-hydrogen) atoms. The fraction of sp³-hybridized carbons (Fsp3) is 0.368. The van der Waals surface area contributed by atoms with Crippen molar-refractivity contribution in [2.45, 2.75) is 19.4 Å². The number of halogens is 2. The molecule has 0 saturated heterocycles. The van der Waals surface area contributed by atoms with Crippen LogP contribution in [0.5, 0.6) is 11.6 Å². The molecule has 1 aromatic carbocycles. The summed E-state index contributed by atoms with van der Waals surface area (Å²) in [6.45, 7) is 0.744. The van der Waals surface area contributed by atoms with E-state index in [1.54, 1.807) is 19.2 Å². The van der Waals surface area contributed by atoms with Gasteiger partial charge in [-0.05, 0) is 42.5 Å². The summed E-state index contributed by atoms with van der Waals surface area (Å²) < 4.78 is 24.5. The predicted octanol–water partition coefficient (Wildman–Crippen LogP) is 3.94. The van der Waals surface area contributed by atoms with Gasteiger partial charge in [0.2, 0.25) is 5.88 Å². The van der Waals surface area contributed by atoms with Gasteiger partial charge < -0.3 is 14.4 Å². The molecule has 0 spiro atoms. The molecule has 1 heterocycles. The highest BCUT2D eigenvalue weighted by Crippen LogP contribution is 2.31. The number of amides is 1. The van der Waals surface area contributed by atoms with Gasteiger partial charge in [-0.2, -0.15) is 0 Å². The second kappa shape index (κ2) is 7.91. The Morgan fingerprint density at radius 1 is 1.38 bits per heavy atom. The molecule has 1 fully saturated rings. The van der Waals surface area contributed by atoms with Crippen molar-refractivity contribution in [3.63, 3.8) is 0 Å². The highest BCUT2D eigenvalue weighted by atomic mass is 35.5. The summed E-state index contributed by atoms with van der Waals surface area (Å²) >= 11 is 6.22. The van der Waals surface area contributed by atoms with Gasteiger partial charge in [0, 0.05) is 19.8 Å². The number of carbonyl (C=O) groups is 1. The third-order valence-electron chi connectivity index (χ3n) is 4.21. The Bertz CT molecular complexity index is 811. The van der Waals surface area contributed by atoms with Crippen LogP contribution >= 0.6 is 11.6 Å². The molecule has 0 radical (unpaired) electrons. The molecule has 0 unspecified atom stereocenters. The zero-order chi connectivity index (χ0) is 18.7. The average molecular weight is 379 g/mol. The van der Waals surface area contributed by atoms with Gasteiger partial charge in [0.25, 0.3) is 5.91 Å². The van der Waals surface area contributed by atoms with Crippen molar-refractivity contribution < 1.29 is 18.7 Å². The molecule has 1 aromatic heterocycles. The van der Waals surface area contributed by atoms with Crippen molar-refractivity contribution in [3.8, 4) is 11.6 Å². The molecular weight excluding hydrogens is 359 g/mol. The number of hydrogen-bond acceptors (Lipinski definition) is 4. The van der Waals surface area contributed by atoms with Gasteiger partial charge in [0.1, 0.15) is 5.56 Å². The van der Waals surface area contributed by atoms with Gasteiger partial charge >= 0.3 is 0 Å². The number of aromatic nitrogens is 1. The lowest BCUT2D eigenvalue weighted by molar-refractivity contribution is 0.0779. The second-order valence-electron chi connectivity index (χ2n) is 6.36. The molecule has 0 aliphatic heterocycles. The van der Waals surface area contributed by atoms with Crippen molar-refractivity contribution in [2.75, 3.05) is 20.8 Å². The van der Waals surface area contributed by atoms with Crippen LogP contribution in [-0.4, -0.2) is 36.6 Å². The number of hydrogen-bond donors (Lipinski definition) is 0. The predicted molar refractivity (Wildman–Crippen MR) is 96.2 cm³/mol. The first-order chi connectivity index (χ1) is 12.5. The maximum absolute atomic E-state index is 13.9. The second-order valence-corrected chi connectivity index (χ2v) is 6.76. The third kappa shape index (κ3) is 4.25. The number of ether oxygens (including phenoxy) is 2. The number of nitrogens with zero attached hydrogens (tertiary/aromatic N) is 2. The number of benzene rings is 1.